The number of hydrogen-bond acceptors (Lipinski definition) is 4. The molecular formula is C18H16N2O3. The highest BCUT2D eigenvalue weighted by molar-refractivity contribution is 6.00. The summed E-state index contributed by atoms with van der Waals surface area (Å²) in [5, 5.41) is 8.90. The Bertz CT molecular complexity index is 762. The Labute approximate surface area is 134 Å². The first-order chi connectivity index (χ1) is 11.1. The predicted octanol–water partition coefficient (Wildman–Crippen LogP) is 2.67. The molecule has 0 aliphatic rings. The summed E-state index contributed by atoms with van der Waals surface area (Å²) < 4.78 is 11.0. The van der Waals surface area contributed by atoms with Gasteiger partial charge < -0.3 is 15.2 Å². The number of ether oxygens (including phenoxy) is 2. The normalized spacial score (nSPS) is 10.7. The zero-order valence-corrected chi connectivity index (χ0v) is 12.7. The fraction of sp³-hybridized carbons (Fsp3) is 0.111. The minimum absolute atomic E-state index is 0.121. The maximum Gasteiger partial charge on any atom is 0.259 e. The number of hydrogen-bond donors (Lipinski definition) is 1. The minimum Gasteiger partial charge on any atom is -0.493 e. The number of nitrogens with two attached hydrogens (primary N) is 1. The van der Waals surface area contributed by atoms with E-state index in [0.29, 0.717) is 23.7 Å². The fourth-order valence-electron chi connectivity index (χ4n) is 1.96. The van der Waals surface area contributed by atoms with Gasteiger partial charge in [-0.05, 0) is 29.3 Å². The molecule has 23 heavy (non-hydrogen) atoms. The number of carbonyl (C=O) groups is 1. The molecule has 0 saturated heterocycles. The Morgan fingerprint density at radius 3 is 2.57 bits per heavy atom. The average molecular weight is 308 g/mol. The molecular weight excluding hydrogens is 292 g/mol. The number of carbonyl (C=O) groups excluding carboxylic acids is 1. The molecule has 2 aromatic rings. The number of benzene rings is 2. The molecule has 0 bridgehead atoms. The van der Waals surface area contributed by atoms with Gasteiger partial charge in [0, 0.05) is 0 Å². The van der Waals surface area contributed by atoms with E-state index < -0.39 is 5.91 Å². The lowest BCUT2D eigenvalue weighted by Crippen LogP contribution is -2.12. The lowest BCUT2D eigenvalue weighted by Gasteiger charge is -2.11. The molecule has 2 rings (SSSR count). The van der Waals surface area contributed by atoms with Crippen LogP contribution in [0.5, 0.6) is 11.5 Å². The van der Waals surface area contributed by atoms with Crippen molar-refractivity contribution in [2.75, 3.05) is 7.11 Å². The van der Waals surface area contributed by atoms with Gasteiger partial charge in [-0.1, -0.05) is 36.4 Å². The van der Waals surface area contributed by atoms with Crippen molar-refractivity contribution in [1.29, 1.82) is 5.26 Å². The van der Waals surface area contributed by atoms with E-state index >= 15 is 0 Å². The van der Waals surface area contributed by atoms with Crippen molar-refractivity contribution in [3.8, 4) is 17.6 Å². The van der Waals surface area contributed by atoms with Gasteiger partial charge in [-0.15, -0.1) is 0 Å². The predicted molar refractivity (Wildman–Crippen MR) is 86.6 cm³/mol. The van der Waals surface area contributed by atoms with Crippen LogP contribution >= 0.6 is 0 Å². The van der Waals surface area contributed by atoms with Crippen LogP contribution in [-0.4, -0.2) is 13.0 Å². The molecule has 1 amide bonds. The lowest BCUT2D eigenvalue weighted by atomic mass is 10.1. The summed E-state index contributed by atoms with van der Waals surface area (Å²) >= 11 is 0. The molecule has 0 atom stereocenters. The maximum absolute atomic E-state index is 11.1. The van der Waals surface area contributed by atoms with Crippen LogP contribution in [0.25, 0.3) is 6.08 Å². The number of nitrogens with zero attached hydrogens (tertiary/aromatic N) is 1. The second-order valence-corrected chi connectivity index (χ2v) is 4.72. The van der Waals surface area contributed by atoms with Crippen molar-refractivity contribution in [3.63, 3.8) is 0 Å². The second kappa shape index (κ2) is 7.66. The van der Waals surface area contributed by atoms with Crippen LogP contribution in [0, 0.1) is 11.3 Å². The Hall–Kier alpha value is -3.26. The quantitative estimate of drug-likeness (QED) is 0.656. The van der Waals surface area contributed by atoms with Crippen LogP contribution in [0.2, 0.25) is 0 Å². The molecule has 0 saturated carbocycles. The van der Waals surface area contributed by atoms with Crippen LogP contribution in [0.15, 0.2) is 54.1 Å². The molecule has 2 N–H and O–H groups in total. The van der Waals surface area contributed by atoms with Crippen LogP contribution in [0.4, 0.5) is 0 Å². The van der Waals surface area contributed by atoms with E-state index in [1.807, 2.05) is 30.3 Å². The Kier molecular flexibility index (Phi) is 5.37. The number of amides is 1. The number of nitriles is 1. The molecule has 5 nitrogen and oxygen atoms in total. The summed E-state index contributed by atoms with van der Waals surface area (Å²) in [5.41, 5.74) is 6.66. The highest BCUT2D eigenvalue weighted by Gasteiger charge is 2.08. The summed E-state index contributed by atoms with van der Waals surface area (Å²) in [6.07, 6.45) is 1.41. The first-order valence-electron chi connectivity index (χ1n) is 6.90. The summed E-state index contributed by atoms with van der Waals surface area (Å²) in [5.74, 6) is 0.317. The van der Waals surface area contributed by atoms with Gasteiger partial charge in [-0.25, -0.2) is 0 Å². The van der Waals surface area contributed by atoms with Gasteiger partial charge in [0.25, 0.3) is 5.91 Å². The van der Waals surface area contributed by atoms with Gasteiger partial charge in [0.05, 0.1) is 7.11 Å². The highest BCUT2D eigenvalue weighted by Crippen LogP contribution is 2.29. The van der Waals surface area contributed by atoms with Gasteiger partial charge >= 0.3 is 0 Å². The van der Waals surface area contributed by atoms with Crippen molar-refractivity contribution in [1.82, 2.24) is 0 Å². The molecule has 0 unspecified atom stereocenters. The number of methoxy groups -OCH3 is 1. The zero-order valence-electron chi connectivity index (χ0n) is 12.7. The summed E-state index contributed by atoms with van der Waals surface area (Å²) in [7, 11) is 1.55. The van der Waals surface area contributed by atoms with Gasteiger partial charge in [-0.3, -0.25) is 4.79 Å². The van der Waals surface area contributed by atoms with E-state index in [1.54, 1.807) is 31.4 Å². The van der Waals surface area contributed by atoms with Crippen molar-refractivity contribution in [3.05, 3.63) is 65.2 Å². The van der Waals surface area contributed by atoms with E-state index in [2.05, 4.69) is 0 Å². The van der Waals surface area contributed by atoms with Gasteiger partial charge in [-0.2, -0.15) is 5.26 Å². The number of rotatable bonds is 6. The highest BCUT2D eigenvalue weighted by atomic mass is 16.5. The fourth-order valence-corrected chi connectivity index (χ4v) is 1.96. The second-order valence-electron chi connectivity index (χ2n) is 4.72. The SMILES string of the molecule is COc1ccc(/C=C(\C#N)C(N)=O)cc1OCc1ccccc1. The third kappa shape index (κ3) is 4.35. The Balaban J connectivity index is 2.25. The average Bonchev–Trinajstić information content (AvgIpc) is 2.58. The van der Waals surface area contributed by atoms with Crippen molar-refractivity contribution >= 4 is 12.0 Å². The largest absolute Gasteiger partial charge is 0.493 e. The van der Waals surface area contributed by atoms with E-state index in [-0.39, 0.29) is 5.57 Å². The smallest absolute Gasteiger partial charge is 0.259 e. The summed E-state index contributed by atoms with van der Waals surface area (Å²) in [6.45, 7) is 0.380. The van der Waals surface area contributed by atoms with E-state index in [0.717, 1.165) is 5.56 Å². The van der Waals surface area contributed by atoms with Crippen LogP contribution < -0.4 is 15.2 Å². The standard InChI is InChI=1S/C18H16N2O3/c1-22-16-8-7-14(9-15(11-19)18(20)21)10-17(16)23-12-13-5-3-2-4-6-13/h2-10H,12H2,1H3,(H2,20,21)/b15-9+. The first kappa shape index (κ1) is 16.1. The Morgan fingerprint density at radius 2 is 1.96 bits per heavy atom. The third-order valence-corrected chi connectivity index (χ3v) is 3.12. The van der Waals surface area contributed by atoms with E-state index in [1.165, 1.54) is 6.08 Å². The van der Waals surface area contributed by atoms with Crippen LogP contribution in [0.3, 0.4) is 0 Å². The number of primary amides is 1. The molecule has 0 radical (unpaired) electrons. The van der Waals surface area contributed by atoms with E-state index in [9.17, 15) is 4.79 Å². The molecule has 0 spiro atoms. The topological polar surface area (TPSA) is 85.3 Å². The molecule has 0 aromatic heterocycles. The molecule has 0 aliphatic carbocycles. The monoisotopic (exact) mass is 308 g/mol. The lowest BCUT2D eigenvalue weighted by molar-refractivity contribution is -0.114. The minimum atomic E-state index is -0.768. The van der Waals surface area contributed by atoms with Crippen LogP contribution in [0.1, 0.15) is 11.1 Å². The molecule has 5 heteroatoms. The molecule has 0 fully saturated rings. The molecule has 2 aromatic carbocycles. The van der Waals surface area contributed by atoms with Crippen molar-refractivity contribution in [2.45, 2.75) is 6.61 Å². The Morgan fingerprint density at radius 1 is 1.22 bits per heavy atom. The van der Waals surface area contributed by atoms with Gasteiger partial charge in [0.2, 0.25) is 0 Å². The molecule has 116 valence electrons. The first-order valence-corrected chi connectivity index (χ1v) is 6.90. The van der Waals surface area contributed by atoms with E-state index in [4.69, 9.17) is 20.5 Å². The summed E-state index contributed by atoms with van der Waals surface area (Å²) in [6, 6.07) is 16.6. The van der Waals surface area contributed by atoms with Crippen LogP contribution in [-0.2, 0) is 11.4 Å². The maximum atomic E-state index is 11.1. The van der Waals surface area contributed by atoms with Gasteiger partial charge in [0.1, 0.15) is 18.2 Å². The van der Waals surface area contributed by atoms with Gasteiger partial charge in [0.15, 0.2) is 11.5 Å². The molecule has 0 heterocycles. The summed E-state index contributed by atoms with van der Waals surface area (Å²) in [4.78, 5) is 11.1. The zero-order chi connectivity index (χ0) is 16.7. The molecule has 0 aliphatic heterocycles. The van der Waals surface area contributed by atoms with Crippen molar-refractivity contribution in [2.24, 2.45) is 5.73 Å². The third-order valence-electron chi connectivity index (χ3n) is 3.12. The van der Waals surface area contributed by atoms with Crippen molar-refractivity contribution < 1.29 is 14.3 Å².